The molecule has 1 rings (SSSR count). The van der Waals surface area contributed by atoms with Crippen molar-refractivity contribution in [3.63, 3.8) is 0 Å². The highest BCUT2D eigenvalue weighted by Gasteiger charge is 2.10. The molecule has 1 atom stereocenters. The van der Waals surface area contributed by atoms with Crippen LogP contribution in [0.15, 0.2) is 18.2 Å². The minimum absolute atomic E-state index is 0.0154. The molecule has 0 saturated carbocycles. The second-order valence-corrected chi connectivity index (χ2v) is 4.32. The van der Waals surface area contributed by atoms with Crippen molar-refractivity contribution in [2.24, 2.45) is 5.73 Å². The monoisotopic (exact) mass is 266 g/mol. The van der Waals surface area contributed by atoms with Crippen LogP contribution in [0.25, 0.3) is 0 Å². The molecule has 0 radical (unpaired) electrons. The lowest BCUT2D eigenvalue weighted by Gasteiger charge is -2.15. The first-order valence-electron chi connectivity index (χ1n) is 6.35. The standard InChI is InChI=1S/C14H22N2O3/c1-10(15)12-7-6-11(18-3)9-13(12)19-8-4-5-14(17)16-2/h6-7,9-10H,4-5,8,15H2,1-3H3,(H,16,17)/t10-/m0/s1. The molecule has 5 heteroatoms. The molecule has 0 fully saturated rings. The lowest BCUT2D eigenvalue weighted by Crippen LogP contribution is -2.18. The number of carbonyl (C=O) groups excluding carboxylic acids is 1. The molecule has 0 bridgehead atoms. The van der Waals surface area contributed by atoms with Crippen LogP contribution in [0.3, 0.4) is 0 Å². The van der Waals surface area contributed by atoms with Gasteiger partial charge in [0.2, 0.25) is 5.91 Å². The summed E-state index contributed by atoms with van der Waals surface area (Å²) < 4.78 is 10.9. The summed E-state index contributed by atoms with van der Waals surface area (Å²) >= 11 is 0. The topological polar surface area (TPSA) is 73.6 Å². The fourth-order valence-corrected chi connectivity index (χ4v) is 1.68. The average molecular weight is 266 g/mol. The van der Waals surface area contributed by atoms with Gasteiger partial charge in [0.05, 0.1) is 13.7 Å². The molecular weight excluding hydrogens is 244 g/mol. The van der Waals surface area contributed by atoms with Crippen molar-refractivity contribution >= 4 is 5.91 Å². The molecule has 106 valence electrons. The molecule has 1 aromatic rings. The summed E-state index contributed by atoms with van der Waals surface area (Å²) in [5, 5.41) is 2.58. The number of carbonyl (C=O) groups is 1. The molecule has 0 aliphatic carbocycles. The third-order valence-corrected chi connectivity index (χ3v) is 2.80. The van der Waals surface area contributed by atoms with Crippen molar-refractivity contribution in [2.45, 2.75) is 25.8 Å². The number of methoxy groups -OCH3 is 1. The molecule has 19 heavy (non-hydrogen) atoms. The van der Waals surface area contributed by atoms with Gasteiger partial charge in [0.1, 0.15) is 11.5 Å². The number of amides is 1. The number of rotatable bonds is 7. The first kappa shape index (κ1) is 15.3. The van der Waals surface area contributed by atoms with Crippen LogP contribution in [0.2, 0.25) is 0 Å². The lowest BCUT2D eigenvalue weighted by atomic mass is 10.1. The zero-order valence-electron chi connectivity index (χ0n) is 11.7. The Morgan fingerprint density at radius 2 is 2.21 bits per heavy atom. The largest absolute Gasteiger partial charge is 0.497 e. The van der Waals surface area contributed by atoms with Crippen LogP contribution in [-0.2, 0) is 4.79 Å². The van der Waals surface area contributed by atoms with Gasteiger partial charge in [-0.05, 0) is 19.4 Å². The van der Waals surface area contributed by atoms with Crippen molar-refractivity contribution in [3.05, 3.63) is 23.8 Å². The normalized spacial score (nSPS) is 11.8. The van der Waals surface area contributed by atoms with Crippen molar-refractivity contribution in [3.8, 4) is 11.5 Å². The first-order chi connectivity index (χ1) is 9.08. The Morgan fingerprint density at radius 1 is 1.47 bits per heavy atom. The third-order valence-electron chi connectivity index (χ3n) is 2.80. The molecule has 5 nitrogen and oxygen atoms in total. The maximum Gasteiger partial charge on any atom is 0.219 e. The number of nitrogens with one attached hydrogen (secondary N) is 1. The first-order valence-corrected chi connectivity index (χ1v) is 6.35. The highest BCUT2D eigenvalue weighted by atomic mass is 16.5. The molecule has 0 saturated heterocycles. The van der Waals surface area contributed by atoms with Gasteiger partial charge >= 0.3 is 0 Å². The van der Waals surface area contributed by atoms with Crippen LogP contribution in [0.5, 0.6) is 11.5 Å². The van der Waals surface area contributed by atoms with E-state index in [1.165, 1.54) is 0 Å². The Bertz CT molecular complexity index is 419. The lowest BCUT2D eigenvalue weighted by molar-refractivity contribution is -0.120. The van der Waals surface area contributed by atoms with Crippen LogP contribution in [-0.4, -0.2) is 26.7 Å². The van der Waals surface area contributed by atoms with Crippen LogP contribution < -0.4 is 20.5 Å². The van der Waals surface area contributed by atoms with E-state index in [1.807, 2.05) is 25.1 Å². The second-order valence-electron chi connectivity index (χ2n) is 4.32. The Kier molecular flexibility index (Phi) is 6.15. The summed E-state index contributed by atoms with van der Waals surface area (Å²) in [6.45, 7) is 2.37. The SMILES string of the molecule is CNC(=O)CCCOc1cc(OC)ccc1[C@H](C)N. The number of ether oxygens (including phenoxy) is 2. The van der Waals surface area contributed by atoms with E-state index in [-0.39, 0.29) is 11.9 Å². The van der Waals surface area contributed by atoms with Crippen molar-refractivity contribution in [1.29, 1.82) is 0 Å². The quantitative estimate of drug-likeness (QED) is 0.735. The molecule has 0 aliphatic rings. The third kappa shape index (κ3) is 4.79. The highest BCUT2D eigenvalue weighted by molar-refractivity contribution is 5.75. The van der Waals surface area contributed by atoms with Crippen LogP contribution in [0.4, 0.5) is 0 Å². The van der Waals surface area contributed by atoms with E-state index in [4.69, 9.17) is 15.2 Å². The van der Waals surface area contributed by atoms with Gasteiger partial charge in [-0.2, -0.15) is 0 Å². The summed E-state index contributed by atoms with van der Waals surface area (Å²) in [5.41, 5.74) is 6.83. The molecule has 3 N–H and O–H groups in total. The van der Waals surface area contributed by atoms with E-state index in [1.54, 1.807) is 14.2 Å². The van der Waals surface area contributed by atoms with E-state index >= 15 is 0 Å². The predicted octanol–water partition coefficient (Wildman–Crippen LogP) is 1.62. The fraction of sp³-hybridized carbons (Fsp3) is 0.500. The van der Waals surface area contributed by atoms with E-state index in [0.29, 0.717) is 25.2 Å². The van der Waals surface area contributed by atoms with Crippen molar-refractivity contribution in [1.82, 2.24) is 5.32 Å². The Labute approximate surface area is 114 Å². The van der Waals surface area contributed by atoms with Crippen molar-refractivity contribution in [2.75, 3.05) is 20.8 Å². The maximum absolute atomic E-state index is 11.1. The van der Waals surface area contributed by atoms with Crippen LogP contribution in [0.1, 0.15) is 31.4 Å². The molecular formula is C14H22N2O3. The van der Waals surface area contributed by atoms with Crippen LogP contribution >= 0.6 is 0 Å². The Morgan fingerprint density at radius 3 is 2.79 bits per heavy atom. The summed E-state index contributed by atoms with van der Waals surface area (Å²) in [7, 11) is 3.23. The van der Waals surface area contributed by atoms with Gasteiger partial charge in [-0.15, -0.1) is 0 Å². The van der Waals surface area contributed by atoms with E-state index in [9.17, 15) is 4.79 Å². The highest BCUT2D eigenvalue weighted by Crippen LogP contribution is 2.28. The van der Waals surface area contributed by atoms with E-state index in [2.05, 4.69) is 5.32 Å². The number of hydrogen-bond acceptors (Lipinski definition) is 4. The molecule has 0 aliphatic heterocycles. The molecule has 0 spiro atoms. The smallest absolute Gasteiger partial charge is 0.219 e. The molecule has 1 amide bonds. The predicted molar refractivity (Wildman–Crippen MR) is 74.4 cm³/mol. The molecule has 0 aromatic heterocycles. The molecule has 1 aromatic carbocycles. The van der Waals surface area contributed by atoms with Gasteiger partial charge in [0.25, 0.3) is 0 Å². The summed E-state index contributed by atoms with van der Waals surface area (Å²) in [5.74, 6) is 1.46. The molecule has 0 unspecified atom stereocenters. The number of hydrogen-bond donors (Lipinski definition) is 2. The van der Waals surface area contributed by atoms with Gasteiger partial charge in [0, 0.05) is 31.1 Å². The summed E-state index contributed by atoms with van der Waals surface area (Å²) in [6.07, 6.45) is 1.11. The van der Waals surface area contributed by atoms with Crippen molar-refractivity contribution < 1.29 is 14.3 Å². The second kappa shape index (κ2) is 7.63. The van der Waals surface area contributed by atoms with Gasteiger partial charge in [-0.3, -0.25) is 4.79 Å². The number of nitrogens with two attached hydrogens (primary N) is 1. The van der Waals surface area contributed by atoms with Gasteiger partial charge in [-0.25, -0.2) is 0 Å². The zero-order chi connectivity index (χ0) is 14.3. The Hall–Kier alpha value is -1.75. The fourth-order valence-electron chi connectivity index (χ4n) is 1.68. The number of benzene rings is 1. The minimum atomic E-state index is -0.111. The zero-order valence-corrected chi connectivity index (χ0v) is 11.7. The van der Waals surface area contributed by atoms with Gasteiger partial charge in [0.15, 0.2) is 0 Å². The van der Waals surface area contributed by atoms with E-state index in [0.717, 1.165) is 11.3 Å². The van der Waals surface area contributed by atoms with E-state index < -0.39 is 0 Å². The van der Waals surface area contributed by atoms with Gasteiger partial charge < -0.3 is 20.5 Å². The average Bonchev–Trinajstić information content (AvgIpc) is 2.42. The molecule has 0 heterocycles. The van der Waals surface area contributed by atoms with Gasteiger partial charge in [-0.1, -0.05) is 6.07 Å². The van der Waals surface area contributed by atoms with Crippen LogP contribution in [0, 0.1) is 0 Å². The summed E-state index contributed by atoms with van der Waals surface area (Å²) in [6, 6.07) is 5.46. The Balaban J connectivity index is 2.62. The summed E-state index contributed by atoms with van der Waals surface area (Å²) in [4.78, 5) is 11.1. The maximum atomic E-state index is 11.1. The minimum Gasteiger partial charge on any atom is -0.497 e.